The fourth-order valence-corrected chi connectivity index (χ4v) is 11.8. The van der Waals surface area contributed by atoms with Crippen molar-refractivity contribution in [1.82, 2.24) is 4.90 Å². The Bertz CT molecular complexity index is 1330. The van der Waals surface area contributed by atoms with E-state index in [2.05, 4.69) is 39.8 Å². The number of benzene rings is 2. The highest BCUT2D eigenvalue weighted by atomic mass is 28.4. The predicted molar refractivity (Wildman–Crippen MR) is 202 cm³/mol. The lowest BCUT2D eigenvalue weighted by atomic mass is 9.73. The third kappa shape index (κ3) is 10.1. The second-order valence-corrected chi connectivity index (χ2v) is 19.8. The van der Waals surface area contributed by atoms with Crippen LogP contribution in [0.2, 0.25) is 18.1 Å². The molecule has 1 saturated heterocycles. The molecular weight excluding hydrogens is 643 g/mol. The van der Waals surface area contributed by atoms with Crippen molar-refractivity contribution < 1.29 is 28.2 Å². The SMILES string of the molecule is CCCCC[C@@H](CC[C@H]1C(O[Si](CC)(CC)CC)C[C@@H]2Cc3c(cccc3OCC(=O)OCc3ccccc3)C[C@@H]21)OC(=O)N1CCCCC1. The molecule has 0 bridgehead atoms. The largest absolute Gasteiger partial charge is 0.482 e. The van der Waals surface area contributed by atoms with Gasteiger partial charge in [-0.05, 0) is 123 Å². The third-order valence-electron chi connectivity index (χ3n) is 12.1. The van der Waals surface area contributed by atoms with Crippen LogP contribution in [0.5, 0.6) is 5.75 Å². The van der Waals surface area contributed by atoms with Gasteiger partial charge in [0.2, 0.25) is 0 Å². The number of rotatable bonds is 18. The number of nitrogens with zero attached hydrogens (tertiary/aromatic N) is 1. The Balaban J connectivity index is 1.28. The van der Waals surface area contributed by atoms with Crippen LogP contribution in [0.4, 0.5) is 4.79 Å². The summed E-state index contributed by atoms with van der Waals surface area (Å²) in [5, 5.41) is 0. The summed E-state index contributed by atoms with van der Waals surface area (Å²) in [6.07, 6.45) is 12.7. The van der Waals surface area contributed by atoms with Gasteiger partial charge in [0.05, 0.1) is 0 Å². The monoisotopic (exact) mass is 705 g/mol. The Morgan fingerprint density at radius 3 is 2.36 bits per heavy atom. The first-order valence-electron chi connectivity index (χ1n) is 19.9. The van der Waals surface area contributed by atoms with E-state index in [1.165, 1.54) is 24.0 Å². The van der Waals surface area contributed by atoms with Crippen LogP contribution < -0.4 is 4.74 Å². The van der Waals surface area contributed by atoms with Crippen molar-refractivity contribution in [2.45, 2.75) is 142 Å². The van der Waals surface area contributed by atoms with Gasteiger partial charge in [-0.3, -0.25) is 0 Å². The summed E-state index contributed by atoms with van der Waals surface area (Å²) in [4.78, 5) is 27.8. The number of carbonyl (C=O) groups excluding carboxylic acids is 2. The maximum absolute atomic E-state index is 13.2. The van der Waals surface area contributed by atoms with Crippen molar-refractivity contribution in [2.75, 3.05) is 19.7 Å². The minimum atomic E-state index is -1.84. The molecule has 3 aliphatic rings. The van der Waals surface area contributed by atoms with E-state index in [9.17, 15) is 9.59 Å². The first-order valence-corrected chi connectivity index (χ1v) is 22.5. The average molecular weight is 706 g/mol. The van der Waals surface area contributed by atoms with E-state index in [0.29, 0.717) is 17.8 Å². The highest BCUT2D eigenvalue weighted by Crippen LogP contribution is 2.50. The number of piperidine rings is 1. The van der Waals surface area contributed by atoms with E-state index < -0.39 is 8.32 Å². The first-order chi connectivity index (χ1) is 24.4. The molecule has 0 radical (unpaired) electrons. The lowest BCUT2D eigenvalue weighted by molar-refractivity contribution is -0.147. The zero-order valence-electron chi connectivity index (χ0n) is 31.3. The second-order valence-electron chi connectivity index (χ2n) is 15.1. The quantitative estimate of drug-likeness (QED) is 0.0874. The van der Waals surface area contributed by atoms with E-state index in [1.54, 1.807) is 0 Å². The normalized spacial score (nSPS) is 22.4. The molecule has 2 aliphatic carbocycles. The number of esters is 1. The Morgan fingerprint density at radius 2 is 1.64 bits per heavy atom. The lowest BCUT2D eigenvalue weighted by Gasteiger charge is -2.36. The molecule has 5 atom stereocenters. The molecule has 2 aromatic rings. The molecule has 7 nitrogen and oxygen atoms in total. The van der Waals surface area contributed by atoms with Gasteiger partial charge in [0.25, 0.3) is 0 Å². The summed E-state index contributed by atoms with van der Waals surface area (Å²) in [5.41, 5.74) is 3.53. The number of likely N-dealkylation sites (tertiary alicyclic amines) is 1. The number of amides is 1. The maximum Gasteiger partial charge on any atom is 0.410 e. The van der Waals surface area contributed by atoms with E-state index in [-0.39, 0.29) is 37.5 Å². The number of ether oxygens (including phenoxy) is 3. The van der Waals surface area contributed by atoms with Gasteiger partial charge in [0.15, 0.2) is 14.9 Å². The molecule has 276 valence electrons. The van der Waals surface area contributed by atoms with E-state index in [4.69, 9.17) is 18.6 Å². The molecule has 8 heteroatoms. The van der Waals surface area contributed by atoms with E-state index >= 15 is 0 Å². The topological polar surface area (TPSA) is 74.3 Å². The molecule has 5 rings (SSSR count). The molecule has 1 saturated carbocycles. The number of unbranched alkanes of at least 4 members (excludes halogenated alkanes) is 2. The van der Waals surface area contributed by atoms with E-state index in [1.807, 2.05) is 41.3 Å². The zero-order chi connectivity index (χ0) is 35.3. The summed E-state index contributed by atoms with van der Waals surface area (Å²) < 4.78 is 25.3. The van der Waals surface area contributed by atoms with Crippen LogP contribution in [0.3, 0.4) is 0 Å². The summed E-state index contributed by atoms with van der Waals surface area (Å²) in [6.45, 7) is 11.0. The molecule has 0 spiro atoms. The number of carbonyl (C=O) groups is 2. The first kappa shape index (κ1) is 38.4. The Hall–Kier alpha value is -2.84. The van der Waals surface area contributed by atoms with Crippen molar-refractivity contribution in [1.29, 1.82) is 0 Å². The predicted octanol–water partition coefficient (Wildman–Crippen LogP) is 9.90. The minimum absolute atomic E-state index is 0.0428. The maximum atomic E-state index is 13.2. The van der Waals surface area contributed by atoms with Gasteiger partial charge >= 0.3 is 12.1 Å². The van der Waals surface area contributed by atoms with Gasteiger partial charge in [-0.2, -0.15) is 0 Å². The standard InChI is InChI=1S/C42H63NO6Si/c1-5-9-12-21-35(48-42(45)43-25-15-11-16-26-43)23-24-36-37-27-33-20-17-22-39(46-31-41(44)47-30-32-18-13-10-14-19-32)38(33)28-34(37)29-40(36)49-50(6-2,7-3)8-4/h10,13-14,17-20,22,34-37,40H,5-9,11-12,15-16,21,23-31H2,1-4H3/t34-,35-,36+,37-,40?/m0/s1. The third-order valence-corrected chi connectivity index (χ3v) is 16.7. The van der Waals surface area contributed by atoms with Crippen molar-refractivity contribution in [3.63, 3.8) is 0 Å². The molecule has 1 unspecified atom stereocenters. The Labute approximate surface area is 302 Å². The second kappa shape index (κ2) is 19.1. The number of fused-ring (bicyclic) bond motifs is 2. The van der Waals surface area contributed by atoms with Crippen LogP contribution in [-0.2, 0) is 38.1 Å². The summed E-state index contributed by atoms with van der Waals surface area (Å²) in [7, 11) is -1.84. The summed E-state index contributed by atoms with van der Waals surface area (Å²) >= 11 is 0. The van der Waals surface area contributed by atoms with Crippen LogP contribution in [-0.4, -0.2) is 57.2 Å². The Morgan fingerprint density at radius 1 is 0.880 bits per heavy atom. The zero-order valence-corrected chi connectivity index (χ0v) is 32.3. The molecule has 2 fully saturated rings. The molecule has 1 aliphatic heterocycles. The van der Waals surface area contributed by atoms with E-state index in [0.717, 1.165) is 107 Å². The van der Waals surface area contributed by atoms with Crippen LogP contribution in [0.1, 0.15) is 109 Å². The molecule has 1 amide bonds. The van der Waals surface area contributed by atoms with Crippen LogP contribution in [0.15, 0.2) is 48.5 Å². The fraction of sp³-hybridized carbons (Fsp3) is 0.667. The highest BCUT2D eigenvalue weighted by molar-refractivity contribution is 6.73. The molecule has 0 aromatic heterocycles. The minimum Gasteiger partial charge on any atom is -0.482 e. The van der Waals surface area contributed by atoms with Gasteiger partial charge in [0, 0.05) is 19.2 Å². The van der Waals surface area contributed by atoms with Gasteiger partial charge in [-0.1, -0.05) is 83.0 Å². The van der Waals surface area contributed by atoms with Crippen molar-refractivity contribution in [2.24, 2.45) is 17.8 Å². The molecular formula is C42H63NO6Si. The van der Waals surface area contributed by atoms with Crippen LogP contribution in [0.25, 0.3) is 0 Å². The lowest BCUT2D eigenvalue weighted by Crippen LogP contribution is -2.42. The molecule has 2 aromatic carbocycles. The van der Waals surface area contributed by atoms with Crippen molar-refractivity contribution >= 4 is 20.4 Å². The van der Waals surface area contributed by atoms with Gasteiger partial charge in [0.1, 0.15) is 18.5 Å². The summed E-state index contributed by atoms with van der Waals surface area (Å²) in [6, 6.07) is 19.5. The fourth-order valence-electron chi connectivity index (χ4n) is 8.84. The average Bonchev–Trinajstić information content (AvgIpc) is 3.49. The van der Waals surface area contributed by atoms with Crippen molar-refractivity contribution in [3.8, 4) is 5.75 Å². The van der Waals surface area contributed by atoms with Gasteiger partial charge in [-0.25, -0.2) is 9.59 Å². The Kier molecular flexibility index (Phi) is 14.7. The van der Waals surface area contributed by atoms with Gasteiger partial charge < -0.3 is 23.5 Å². The van der Waals surface area contributed by atoms with Crippen LogP contribution >= 0.6 is 0 Å². The number of hydrogen-bond donors (Lipinski definition) is 0. The molecule has 1 heterocycles. The smallest absolute Gasteiger partial charge is 0.410 e. The van der Waals surface area contributed by atoms with Gasteiger partial charge in [-0.15, -0.1) is 0 Å². The highest BCUT2D eigenvalue weighted by Gasteiger charge is 2.48. The molecule has 50 heavy (non-hydrogen) atoms. The van der Waals surface area contributed by atoms with Crippen LogP contribution in [0, 0.1) is 17.8 Å². The molecule has 0 N–H and O–H groups in total. The number of hydrogen-bond acceptors (Lipinski definition) is 6. The van der Waals surface area contributed by atoms with Crippen molar-refractivity contribution in [3.05, 3.63) is 65.2 Å². The summed E-state index contributed by atoms with van der Waals surface area (Å²) in [5.74, 6) is 1.90.